The number of hydrogen-bond acceptors (Lipinski definition) is 4. The average Bonchev–Trinajstić information content (AvgIpc) is 2.58. The van der Waals surface area contributed by atoms with E-state index in [-0.39, 0.29) is 0 Å². The normalized spacial score (nSPS) is 11.5. The first kappa shape index (κ1) is 16.4. The molecule has 4 nitrogen and oxygen atoms in total. The SMILES string of the molecule is C[O][Ti]([O]C)([O]Cc1ccccc1)[O]Cc1ccccc1. The number of benzene rings is 2. The summed E-state index contributed by atoms with van der Waals surface area (Å²) in [7, 11) is 3.14. The molecule has 0 radical (unpaired) electrons. The fraction of sp³-hybridized carbons (Fsp3) is 0.250. The second-order valence-electron chi connectivity index (χ2n) is 4.46. The van der Waals surface area contributed by atoms with Crippen LogP contribution in [0.25, 0.3) is 0 Å². The van der Waals surface area contributed by atoms with Gasteiger partial charge in [-0.05, 0) is 0 Å². The van der Waals surface area contributed by atoms with Crippen LogP contribution in [0, 0.1) is 0 Å². The van der Waals surface area contributed by atoms with E-state index in [0.717, 1.165) is 11.1 Å². The van der Waals surface area contributed by atoms with E-state index in [1.165, 1.54) is 0 Å². The van der Waals surface area contributed by atoms with E-state index >= 15 is 0 Å². The molecule has 0 bridgehead atoms. The zero-order chi connectivity index (χ0) is 15.0. The molecule has 5 heteroatoms. The van der Waals surface area contributed by atoms with Crippen LogP contribution < -0.4 is 0 Å². The molecule has 0 saturated carbocycles. The van der Waals surface area contributed by atoms with Crippen molar-refractivity contribution in [2.24, 2.45) is 0 Å². The van der Waals surface area contributed by atoms with Crippen molar-refractivity contribution in [1.29, 1.82) is 0 Å². The number of rotatable bonds is 8. The van der Waals surface area contributed by atoms with Crippen molar-refractivity contribution in [3.05, 3.63) is 71.8 Å². The Hall–Kier alpha value is -1.01. The molecular weight excluding hydrogens is 304 g/mol. The first-order valence-electron chi connectivity index (χ1n) is 6.74. The van der Waals surface area contributed by atoms with Crippen LogP contribution in [0.5, 0.6) is 0 Å². The zero-order valence-electron chi connectivity index (χ0n) is 12.3. The van der Waals surface area contributed by atoms with Crippen LogP contribution in [0.1, 0.15) is 11.1 Å². The molecule has 2 aromatic rings. The van der Waals surface area contributed by atoms with E-state index in [1.54, 1.807) is 14.2 Å². The molecule has 0 N–H and O–H groups in total. The van der Waals surface area contributed by atoms with Gasteiger partial charge in [-0.25, -0.2) is 0 Å². The van der Waals surface area contributed by atoms with Gasteiger partial charge in [0.15, 0.2) is 0 Å². The van der Waals surface area contributed by atoms with Crippen LogP contribution in [-0.4, -0.2) is 14.2 Å². The molecule has 2 aromatic carbocycles. The first-order valence-corrected chi connectivity index (χ1v) is 9.29. The van der Waals surface area contributed by atoms with Crippen molar-refractivity contribution < 1.29 is 31.4 Å². The third kappa shape index (κ3) is 5.04. The van der Waals surface area contributed by atoms with E-state index in [4.69, 9.17) is 13.3 Å². The predicted octanol–water partition coefficient (Wildman–Crippen LogP) is 3.53. The van der Waals surface area contributed by atoms with E-state index in [1.807, 2.05) is 60.7 Å². The summed E-state index contributed by atoms with van der Waals surface area (Å²) in [5.74, 6) is 0. The molecule has 0 unspecified atom stereocenters. The Labute approximate surface area is 130 Å². The van der Waals surface area contributed by atoms with Crippen molar-refractivity contribution in [3.63, 3.8) is 0 Å². The van der Waals surface area contributed by atoms with Crippen LogP contribution in [-0.2, 0) is 44.6 Å². The van der Waals surface area contributed by atoms with Gasteiger partial charge in [0.2, 0.25) is 0 Å². The van der Waals surface area contributed by atoms with E-state index < -0.39 is 18.1 Å². The van der Waals surface area contributed by atoms with Crippen molar-refractivity contribution >= 4 is 0 Å². The third-order valence-electron chi connectivity index (χ3n) is 3.02. The van der Waals surface area contributed by atoms with Gasteiger partial charge in [-0.2, -0.15) is 0 Å². The molecule has 112 valence electrons. The summed E-state index contributed by atoms with van der Waals surface area (Å²) in [6.07, 6.45) is 0. The van der Waals surface area contributed by atoms with Crippen molar-refractivity contribution in [2.45, 2.75) is 13.2 Å². The zero-order valence-corrected chi connectivity index (χ0v) is 13.9. The summed E-state index contributed by atoms with van der Waals surface area (Å²) < 4.78 is 22.6. The summed E-state index contributed by atoms with van der Waals surface area (Å²) in [5.41, 5.74) is 2.12. The van der Waals surface area contributed by atoms with Gasteiger partial charge in [0.25, 0.3) is 0 Å². The minimum absolute atomic E-state index is 0.414. The Balaban J connectivity index is 1.95. The van der Waals surface area contributed by atoms with Gasteiger partial charge in [0.05, 0.1) is 0 Å². The molecule has 21 heavy (non-hydrogen) atoms. The summed E-state index contributed by atoms with van der Waals surface area (Å²) >= 11 is -3.67. The van der Waals surface area contributed by atoms with Gasteiger partial charge in [0.1, 0.15) is 0 Å². The molecule has 0 aliphatic heterocycles. The summed E-state index contributed by atoms with van der Waals surface area (Å²) in [6.45, 7) is 0.828. The third-order valence-corrected chi connectivity index (χ3v) is 6.13. The van der Waals surface area contributed by atoms with Crippen molar-refractivity contribution in [3.8, 4) is 0 Å². The van der Waals surface area contributed by atoms with Gasteiger partial charge in [-0.3, -0.25) is 0 Å². The Morgan fingerprint density at radius 2 is 1.05 bits per heavy atom. The molecule has 0 aliphatic rings. The first-order chi connectivity index (χ1) is 10.3. The van der Waals surface area contributed by atoms with Gasteiger partial charge >= 0.3 is 131 Å². The van der Waals surface area contributed by atoms with E-state index in [2.05, 4.69) is 0 Å². The molecule has 0 saturated heterocycles. The number of hydrogen-bond donors (Lipinski definition) is 0. The Morgan fingerprint density at radius 1 is 0.667 bits per heavy atom. The van der Waals surface area contributed by atoms with Gasteiger partial charge in [-0.15, -0.1) is 0 Å². The van der Waals surface area contributed by atoms with Crippen molar-refractivity contribution in [1.82, 2.24) is 0 Å². The Kier molecular flexibility index (Phi) is 6.58. The minimum atomic E-state index is -3.67. The van der Waals surface area contributed by atoms with Crippen LogP contribution in [0.15, 0.2) is 60.7 Å². The second-order valence-corrected chi connectivity index (χ2v) is 8.19. The molecular formula is C16H20O4Ti. The summed E-state index contributed by atoms with van der Waals surface area (Å²) in [6, 6.07) is 19.8. The maximum absolute atomic E-state index is 5.86. The average molecular weight is 324 g/mol. The van der Waals surface area contributed by atoms with Gasteiger partial charge in [-0.1, -0.05) is 0 Å². The Bertz CT molecular complexity index is 469. The monoisotopic (exact) mass is 324 g/mol. The fourth-order valence-corrected chi connectivity index (χ4v) is 4.05. The van der Waals surface area contributed by atoms with Crippen LogP contribution in [0.4, 0.5) is 0 Å². The molecule has 0 amide bonds. The van der Waals surface area contributed by atoms with Crippen LogP contribution in [0.2, 0.25) is 0 Å². The Morgan fingerprint density at radius 3 is 1.38 bits per heavy atom. The molecule has 0 aliphatic carbocycles. The fourth-order valence-electron chi connectivity index (χ4n) is 1.85. The maximum atomic E-state index is 5.86. The molecule has 0 heterocycles. The molecule has 0 aromatic heterocycles. The van der Waals surface area contributed by atoms with E-state index in [9.17, 15) is 0 Å². The molecule has 0 atom stereocenters. The molecule has 2 rings (SSSR count). The van der Waals surface area contributed by atoms with E-state index in [0.29, 0.717) is 13.2 Å². The quantitative estimate of drug-likeness (QED) is 0.696. The van der Waals surface area contributed by atoms with Gasteiger partial charge in [0, 0.05) is 0 Å². The van der Waals surface area contributed by atoms with Gasteiger partial charge < -0.3 is 0 Å². The van der Waals surface area contributed by atoms with Crippen LogP contribution in [0.3, 0.4) is 0 Å². The topological polar surface area (TPSA) is 36.9 Å². The summed E-state index contributed by atoms with van der Waals surface area (Å²) in [5, 5.41) is 0. The summed E-state index contributed by atoms with van der Waals surface area (Å²) in [4.78, 5) is 0. The standard InChI is InChI=1S/2C7H7O.2CH3O.Ti/c2*8-6-7-4-2-1-3-5-7;2*1-2;/h2*1-5H,6H2;2*1H3;/q4*-1;+4. The second kappa shape index (κ2) is 8.44. The predicted molar refractivity (Wildman–Crippen MR) is 76.5 cm³/mol. The van der Waals surface area contributed by atoms with Crippen LogP contribution >= 0.6 is 0 Å². The molecule has 0 spiro atoms. The van der Waals surface area contributed by atoms with Crippen molar-refractivity contribution in [2.75, 3.05) is 14.2 Å². The molecule has 0 fully saturated rings.